The number of nitrogens with two attached hydrogens (primary N) is 1. The van der Waals surface area contributed by atoms with E-state index in [4.69, 9.17) is 15.2 Å². The van der Waals surface area contributed by atoms with Crippen molar-refractivity contribution in [3.05, 3.63) is 64.6 Å². The van der Waals surface area contributed by atoms with Gasteiger partial charge in [-0.1, -0.05) is 91.0 Å². The lowest BCUT2D eigenvalue weighted by molar-refractivity contribution is -0.151. The Morgan fingerprint density at radius 2 is 1.76 bits per heavy atom. The fourth-order valence-corrected chi connectivity index (χ4v) is 5.97. The molecule has 10 nitrogen and oxygen atoms in total. The number of carbonyl (C=O) groups excluding carboxylic acids is 4. The lowest BCUT2D eigenvalue weighted by Gasteiger charge is -2.35. The third kappa shape index (κ3) is 11.7. The molecule has 254 valence electrons. The molecule has 3 N–H and O–H groups in total. The monoisotopic (exact) mass is 656 g/mol. The molecule has 0 aliphatic heterocycles. The molecule has 2 rings (SSSR count). The number of amides is 2. The second-order valence-electron chi connectivity index (χ2n) is 12.2. The standard InChI is InChI=1S/C35H52N4O6S/c1-9-17-44-35(43)24(7)18-26(19-25-15-13-12-14-16-25)37-32(41)27-21-46-33(38-27)29(45-30(40)11-3)20-28(22(4)5)39(8)34(42)31(36)23(6)10-2/h9,12-16,21-24,26,28-29,31H,1,10-11,17-20,36H2,2-8H3,(H,37,41)/t23-,24?,26?,28+,29+,31-/m0/s1. The highest BCUT2D eigenvalue weighted by molar-refractivity contribution is 7.09. The maximum atomic E-state index is 13.5. The van der Waals surface area contributed by atoms with Gasteiger partial charge in [-0.3, -0.25) is 19.2 Å². The van der Waals surface area contributed by atoms with Crippen molar-refractivity contribution in [3.8, 4) is 0 Å². The highest BCUT2D eigenvalue weighted by atomic mass is 32.1. The molecule has 2 aromatic rings. The van der Waals surface area contributed by atoms with Crippen LogP contribution in [-0.4, -0.2) is 65.4 Å². The minimum Gasteiger partial charge on any atom is -0.461 e. The van der Waals surface area contributed by atoms with Gasteiger partial charge in [-0.2, -0.15) is 0 Å². The van der Waals surface area contributed by atoms with Gasteiger partial charge in [0.1, 0.15) is 17.3 Å². The molecule has 1 aromatic carbocycles. The van der Waals surface area contributed by atoms with Crippen molar-refractivity contribution in [1.29, 1.82) is 0 Å². The molecular formula is C35H52N4O6S. The van der Waals surface area contributed by atoms with Crippen molar-refractivity contribution in [3.63, 3.8) is 0 Å². The average molecular weight is 657 g/mol. The number of hydrogen-bond donors (Lipinski definition) is 2. The number of hydrogen-bond acceptors (Lipinski definition) is 9. The molecule has 2 unspecified atom stereocenters. The Bertz CT molecular complexity index is 1280. The summed E-state index contributed by atoms with van der Waals surface area (Å²) in [6.45, 7) is 15.1. The molecule has 2 amide bonds. The van der Waals surface area contributed by atoms with Crippen LogP contribution in [0.1, 0.15) is 94.4 Å². The van der Waals surface area contributed by atoms with E-state index >= 15 is 0 Å². The van der Waals surface area contributed by atoms with Gasteiger partial charge < -0.3 is 25.4 Å². The summed E-state index contributed by atoms with van der Waals surface area (Å²) in [7, 11) is 1.73. The summed E-state index contributed by atoms with van der Waals surface area (Å²) in [6.07, 6.45) is 2.87. The minimum absolute atomic E-state index is 0.0167. The van der Waals surface area contributed by atoms with Crippen molar-refractivity contribution < 1.29 is 28.7 Å². The Hall–Kier alpha value is -3.57. The van der Waals surface area contributed by atoms with Gasteiger partial charge >= 0.3 is 11.9 Å². The second kappa shape index (κ2) is 19.2. The number of rotatable bonds is 19. The van der Waals surface area contributed by atoms with Gasteiger partial charge in [-0.15, -0.1) is 11.3 Å². The molecule has 0 saturated carbocycles. The van der Waals surface area contributed by atoms with Crippen molar-refractivity contribution in [2.45, 2.75) is 97.9 Å². The van der Waals surface area contributed by atoms with Gasteiger partial charge in [0.25, 0.3) is 5.91 Å². The van der Waals surface area contributed by atoms with E-state index in [1.165, 1.54) is 17.4 Å². The van der Waals surface area contributed by atoms with Crippen LogP contribution < -0.4 is 11.1 Å². The Balaban J connectivity index is 2.30. The van der Waals surface area contributed by atoms with Gasteiger partial charge in [0.05, 0.1) is 12.0 Å². The number of nitrogens with zero attached hydrogens (tertiary/aromatic N) is 2. The highest BCUT2D eigenvalue weighted by Gasteiger charge is 2.34. The summed E-state index contributed by atoms with van der Waals surface area (Å²) in [5.41, 5.74) is 7.48. The number of esters is 2. The lowest BCUT2D eigenvalue weighted by atomic mass is 9.93. The van der Waals surface area contributed by atoms with Crippen molar-refractivity contribution >= 4 is 35.1 Å². The van der Waals surface area contributed by atoms with Crippen molar-refractivity contribution in [1.82, 2.24) is 15.2 Å². The summed E-state index contributed by atoms with van der Waals surface area (Å²) in [4.78, 5) is 58.0. The second-order valence-corrected chi connectivity index (χ2v) is 13.1. The number of nitrogens with one attached hydrogen (secondary N) is 1. The first-order valence-corrected chi connectivity index (χ1v) is 17.0. The average Bonchev–Trinajstić information content (AvgIpc) is 3.54. The molecule has 1 aromatic heterocycles. The predicted molar refractivity (Wildman–Crippen MR) is 181 cm³/mol. The summed E-state index contributed by atoms with van der Waals surface area (Å²) < 4.78 is 11.1. The fraction of sp³-hybridized carbons (Fsp3) is 0.571. The van der Waals surface area contributed by atoms with Gasteiger partial charge in [0.2, 0.25) is 5.91 Å². The van der Waals surface area contributed by atoms with Crippen LogP contribution in [0.25, 0.3) is 0 Å². The summed E-state index contributed by atoms with van der Waals surface area (Å²) >= 11 is 1.23. The third-order valence-electron chi connectivity index (χ3n) is 8.25. The SMILES string of the molecule is C=CCOC(=O)C(C)CC(Cc1ccccc1)NC(=O)c1csc([C@@H](C[C@H](C(C)C)N(C)C(=O)[C@@H](N)[C@@H](C)CC)OC(=O)CC)n1. The van der Waals surface area contributed by atoms with Crippen LogP contribution in [0.2, 0.25) is 0 Å². The van der Waals surface area contributed by atoms with Crippen molar-refractivity contribution in [2.75, 3.05) is 13.7 Å². The van der Waals surface area contributed by atoms with Gasteiger partial charge in [-0.05, 0) is 30.2 Å². The first-order chi connectivity index (χ1) is 21.8. The van der Waals surface area contributed by atoms with E-state index in [0.29, 0.717) is 24.3 Å². The number of ether oxygens (including phenoxy) is 2. The highest BCUT2D eigenvalue weighted by Crippen LogP contribution is 2.31. The quantitative estimate of drug-likeness (QED) is 0.150. The topological polar surface area (TPSA) is 141 Å². The van der Waals surface area contributed by atoms with Crippen LogP contribution in [-0.2, 0) is 30.3 Å². The van der Waals surface area contributed by atoms with E-state index in [2.05, 4.69) is 16.9 Å². The van der Waals surface area contributed by atoms with Gasteiger partial charge in [0.15, 0.2) is 6.10 Å². The molecular weight excluding hydrogens is 604 g/mol. The molecule has 0 saturated heterocycles. The molecule has 46 heavy (non-hydrogen) atoms. The van der Waals surface area contributed by atoms with Crippen LogP contribution >= 0.6 is 11.3 Å². The number of aromatic nitrogens is 1. The molecule has 0 fully saturated rings. The van der Waals surface area contributed by atoms with E-state index in [9.17, 15) is 19.2 Å². The van der Waals surface area contributed by atoms with Crippen LogP contribution in [0.5, 0.6) is 0 Å². The smallest absolute Gasteiger partial charge is 0.309 e. The van der Waals surface area contributed by atoms with E-state index in [-0.39, 0.29) is 54.5 Å². The molecule has 0 aliphatic rings. The number of carbonyl (C=O) groups is 4. The Morgan fingerprint density at radius 3 is 2.35 bits per heavy atom. The molecule has 0 radical (unpaired) electrons. The van der Waals surface area contributed by atoms with Gasteiger partial charge in [0, 0.05) is 37.4 Å². The zero-order chi connectivity index (χ0) is 34.4. The number of likely N-dealkylation sites (N-methyl/N-ethyl adjacent to an activating group) is 1. The normalized spacial score (nSPS) is 15.2. The van der Waals surface area contributed by atoms with Crippen LogP contribution in [0.3, 0.4) is 0 Å². The molecule has 6 atom stereocenters. The Morgan fingerprint density at radius 1 is 1.09 bits per heavy atom. The minimum atomic E-state index is -0.763. The number of benzene rings is 1. The molecule has 11 heteroatoms. The maximum absolute atomic E-state index is 13.5. The summed E-state index contributed by atoms with van der Waals surface area (Å²) in [5, 5.41) is 5.15. The van der Waals surface area contributed by atoms with Gasteiger partial charge in [-0.25, -0.2) is 4.98 Å². The molecule has 1 heterocycles. The maximum Gasteiger partial charge on any atom is 0.309 e. The largest absolute Gasteiger partial charge is 0.461 e. The predicted octanol–water partition coefficient (Wildman–Crippen LogP) is 5.48. The zero-order valence-electron chi connectivity index (χ0n) is 28.4. The summed E-state index contributed by atoms with van der Waals surface area (Å²) in [6, 6.07) is 8.39. The first-order valence-electron chi connectivity index (χ1n) is 16.1. The molecule has 0 aliphatic carbocycles. The van der Waals surface area contributed by atoms with E-state index in [1.54, 1.807) is 31.2 Å². The van der Waals surface area contributed by atoms with Crippen LogP contribution in [0, 0.1) is 17.8 Å². The molecule has 0 bridgehead atoms. The van der Waals surface area contributed by atoms with E-state index in [1.807, 2.05) is 58.0 Å². The van der Waals surface area contributed by atoms with Crippen LogP contribution in [0.15, 0.2) is 48.4 Å². The van der Waals surface area contributed by atoms with E-state index < -0.39 is 29.9 Å². The van der Waals surface area contributed by atoms with Crippen molar-refractivity contribution in [2.24, 2.45) is 23.5 Å². The Labute approximate surface area is 278 Å². The summed E-state index contributed by atoms with van der Waals surface area (Å²) in [5.74, 6) is -1.75. The number of thiazole rings is 1. The zero-order valence-corrected chi connectivity index (χ0v) is 29.2. The van der Waals surface area contributed by atoms with Crippen LogP contribution in [0.4, 0.5) is 0 Å². The fourth-order valence-electron chi connectivity index (χ4n) is 5.13. The molecule has 0 spiro atoms. The lowest BCUT2D eigenvalue weighted by Crippen LogP contribution is -2.51. The van der Waals surface area contributed by atoms with E-state index in [0.717, 1.165) is 12.0 Å². The first kappa shape index (κ1) is 38.6. The Kier molecular flexibility index (Phi) is 16.1. The third-order valence-corrected chi connectivity index (χ3v) is 9.19.